The van der Waals surface area contributed by atoms with Gasteiger partial charge in [0.1, 0.15) is 0 Å². The van der Waals surface area contributed by atoms with Crippen molar-refractivity contribution >= 4 is 11.6 Å². The number of hydrogen-bond donors (Lipinski definition) is 0. The van der Waals surface area contributed by atoms with Crippen molar-refractivity contribution in [3.8, 4) is 0 Å². The zero-order valence-corrected chi connectivity index (χ0v) is 14.6. The third-order valence-electron chi connectivity index (χ3n) is 4.70. The van der Waals surface area contributed by atoms with Crippen molar-refractivity contribution in [3.63, 3.8) is 0 Å². The SMILES string of the molecule is Cc1nnc([C@H](C)N2CCN([C@H](C)c3ccccc3Cl)CC2)o1. The maximum absolute atomic E-state index is 6.34. The Morgan fingerprint density at radius 3 is 2.17 bits per heavy atom. The van der Waals surface area contributed by atoms with Gasteiger partial charge in [0, 0.05) is 44.2 Å². The van der Waals surface area contributed by atoms with E-state index in [0.29, 0.717) is 17.8 Å². The normalized spacial score (nSPS) is 19.7. The summed E-state index contributed by atoms with van der Waals surface area (Å²) >= 11 is 6.34. The van der Waals surface area contributed by atoms with Crippen LogP contribution in [0, 0.1) is 6.92 Å². The second-order valence-corrected chi connectivity index (χ2v) is 6.51. The number of aryl methyl sites for hydroxylation is 1. The summed E-state index contributed by atoms with van der Waals surface area (Å²) in [6, 6.07) is 8.59. The van der Waals surface area contributed by atoms with Crippen LogP contribution < -0.4 is 0 Å². The number of piperazine rings is 1. The number of benzene rings is 1. The van der Waals surface area contributed by atoms with E-state index in [2.05, 4.69) is 39.9 Å². The van der Waals surface area contributed by atoms with E-state index in [-0.39, 0.29) is 6.04 Å². The molecular formula is C17H23ClN4O. The first-order chi connectivity index (χ1) is 11.1. The van der Waals surface area contributed by atoms with Crippen LogP contribution in [0.2, 0.25) is 5.02 Å². The van der Waals surface area contributed by atoms with Gasteiger partial charge in [-0.25, -0.2) is 0 Å². The third kappa shape index (κ3) is 3.57. The molecule has 1 aliphatic heterocycles. The van der Waals surface area contributed by atoms with Crippen molar-refractivity contribution in [2.75, 3.05) is 26.2 Å². The molecule has 2 atom stereocenters. The van der Waals surface area contributed by atoms with Gasteiger partial charge in [-0.05, 0) is 25.5 Å². The average Bonchev–Trinajstić information content (AvgIpc) is 3.01. The summed E-state index contributed by atoms with van der Waals surface area (Å²) in [5.74, 6) is 1.33. The Labute approximate surface area is 142 Å². The first-order valence-electron chi connectivity index (χ1n) is 8.09. The van der Waals surface area contributed by atoms with Gasteiger partial charge in [-0.2, -0.15) is 0 Å². The molecule has 0 bridgehead atoms. The van der Waals surface area contributed by atoms with Gasteiger partial charge in [0.25, 0.3) is 0 Å². The van der Waals surface area contributed by atoms with Gasteiger partial charge in [0.2, 0.25) is 11.8 Å². The topological polar surface area (TPSA) is 45.4 Å². The van der Waals surface area contributed by atoms with E-state index < -0.39 is 0 Å². The van der Waals surface area contributed by atoms with Crippen molar-refractivity contribution in [1.29, 1.82) is 0 Å². The maximum atomic E-state index is 6.34. The minimum atomic E-state index is 0.161. The smallest absolute Gasteiger partial charge is 0.233 e. The van der Waals surface area contributed by atoms with Crippen LogP contribution in [0.4, 0.5) is 0 Å². The summed E-state index contributed by atoms with van der Waals surface area (Å²) in [5, 5.41) is 8.92. The van der Waals surface area contributed by atoms with E-state index in [1.165, 1.54) is 5.56 Å². The molecule has 1 aliphatic rings. The Balaban J connectivity index is 1.61. The molecule has 0 aliphatic carbocycles. The molecule has 0 radical (unpaired) electrons. The van der Waals surface area contributed by atoms with E-state index in [1.807, 2.05) is 25.1 Å². The molecule has 1 aromatic heterocycles. The number of rotatable bonds is 4. The van der Waals surface area contributed by atoms with Crippen LogP contribution in [-0.4, -0.2) is 46.2 Å². The lowest BCUT2D eigenvalue weighted by Crippen LogP contribution is -2.47. The monoisotopic (exact) mass is 334 g/mol. The van der Waals surface area contributed by atoms with Crippen molar-refractivity contribution < 1.29 is 4.42 Å². The molecule has 3 rings (SSSR count). The Kier molecular flexibility index (Phi) is 4.99. The molecule has 23 heavy (non-hydrogen) atoms. The second-order valence-electron chi connectivity index (χ2n) is 6.10. The Bertz CT molecular complexity index is 652. The Morgan fingerprint density at radius 2 is 1.61 bits per heavy atom. The molecule has 0 unspecified atom stereocenters. The number of halogens is 1. The largest absolute Gasteiger partial charge is 0.424 e. The predicted molar refractivity (Wildman–Crippen MR) is 90.5 cm³/mol. The highest BCUT2D eigenvalue weighted by Gasteiger charge is 2.28. The highest BCUT2D eigenvalue weighted by molar-refractivity contribution is 6.31. The molecule has 1 aromatic carbocycles. The first-order valence-corrected chi connectivity index (χ1v) is 8.46. The number of hydrogen-bond acceptors (Lipinski definition) is 5. The molecule has 124 valence electrons. The molecule has 1 fully saturated rings. The average molecular weight is 335 g/mol. The van der Waals surface area contributed by atoms with Crippen LogP contribution in [0.1, 0.15) is 43.3 Å². The lowest BCUT2D eigenvalue weighted by atomic mass is 10.1. The summed E-state index contributed by atoms with van der Waals surface area (Å²) < 4.78 is 5.56. The molecule has 2 heterocycles. The van der Waals surface area contributed by atoms with Gasteiger partial charge in [0.15, 0.2) is 0 Å². The molecule has 0 amide bonds. The van der Waals surface area contributed by atoms with Crippen LogP contribution >= 0.6 is 11.6 Å². The Hall–Kier alpha value is -1.43. The third-order valence-corrected chi connectivity index (χ3v) is 5.04. The molecule has 0 N–H and O–H groups in total. The molecule has 1 saturated heterocycles. The van der Waals surface area contributed by atoms with E-state index >= 15 is 0 Å². The van der Waals surface area contributed by atoms with Gasteiger partial charge < -0.3 is 4.42 Å². The van der Waals surface area contributed by atoms with E-state index in [0.717, 1.165) is 31.2 Å². The molecular weight excluding hydrogens is 312 g/mol. The van der Waals surface area contributed by atoms with Crippen molar-refractivity contribution in [2.45, 2.75) is 32.9 Å². The van der Waals surface area contributed by atoms with Crippen molar-refractivity contribution in [2.24, 2.45) is 0 Å². The summed E-state index contributed by atoms with van der Waals surface area (Å²) in [6.45, 7) is 10.1. The predicted octanol–water partition coefficient (Wildman–Crippen LogP) is 3.47. The van der Waals surface area contributed by atoms with Crippen LogP contribution in [0.5, 0.6) is 0 Å². The highest BCUT2D eigenvalue weighted by Crippen LogP contribution is 2.29. The highest BCUT2D eigenvalue weighted by atomic mass is 35.5. The quantitative estimate of drug-likeness (QED) is 0.856. The molecule has 2 aromatic rings. The van der Waals surface area contributed by atoms with Gasteiger partial charge >= 0.3 is 0 Å². The fourth-order valence-electron chi connectivity index (χ4n) is 3.16. The maximum Gasteiger partial charge on any atom is 0.233 e. The minimum Gasteiger partial charge on any atom is -0.424 e. The number of aromatic nitrogens is 2. The van der Waals surface area contributed by atoms with E-state index in [4.69, 9.17) is 16.0 Å². The summed E-state index contributed by atoms with van der Waals surface area (Å²) in [7, 11) is 0. The fourth-order valence-corrected chi connectivity index (χ4v) is 3.45. The fraction of sp³-hybridized carbons (Fsp3) is 0.529. The van der Waals surface area contributed by atoms with E-state index in [9.17, 15) is 0 Å². The molecule has 5 nitrogen and oxygen atoms in total. The standard InChI is InChI=1S/C17H23ClN4O/c1-12(15-6-4-5-7-16(15)18)21-8-10-22(11-9-21)13(2)17-20-19-14(3)23-17/h4-7,12-13H,8-11H2,1-3H3/t12-,13+/m1/s1. The van der Waals surface area contributed by atoms with Crippen molar-refractivity contribution in [1.82, 2.24) is 20.0 Å². The van der Waals surface area contributed by atoms with Crippen LogP contribution in [0.25, 0.3) is 0 Å². The minimum absolute atomic E-state index is 0.161. The van der Waals surface area contributed by atoms with Crippen LogP contribution in [0.15, 0.2) is 28.7 Å². The molecule has 0 saturated carbocycles. The Morgan fingerprint density at radius 1 is 1.00 bits per heavy atom. The zero-order valence-electron chi connectivity index (χ0n) is 13.9. The molecule has 6 heteroatoms. The van der Waals surface area contributed by atoms with Gasteiger partial charge in [-0.1, -0.05) is 29.8 Å². The van der Waals surface area contributed by atoms with E-state index in [1.54, 1.807) is 0 Å². The summed E-state index contributed by atoms with van der Waals surface area (Å²) in [6.07, 6.45) is 0. The summed E-state index contributed by atoms with van der Waals surface area (Å²) in [4.78, 5) is 4.87. The van der Waals surface area contributed by atoms with Gasteiger partial charge in [-0.3, -0.25) is 9.80 Å². The van der Waals surface area contributed by atoms with Crippen molar-refractivity contribution in [3.05, 3.63) is 46.6 Å². The number of nitrogens with zero attached hydrogens (tertiary/aromatic N) is 4. The lowest BCUT2D eigenvalue weighted by molar-refractivity contribution is 0.0697. The molecule has 0 spiro atoms. The lowest BCUT2D eigenvalue weighted by Gasteiger charge is -2.40. The van der Waals surface area contributed by atoms with Crippen LogP contribution in [-0.2, 0) is 0 Å². The zero-order chi connectivity index (χ0) is 16.4. The van der Waals surface area contributed by atoms with Crippen LogP contribution in [0.3, 0.4) is 0 Å². The first kappa shape index (κ1) is 16.4. The summed E-state index contributed by atoms with van der Waals surface area (Å²) in [5.41, 5.74) is 1.20. The van der Waals surface area contributed by atoms with Gasteiger partial charge in [0.05, 0.1) is 6.04 Å². The second kappa shape index (κ2) is 6.99. The van der Waals surface area contributed by atoms with Gasteiger partial charge in [-0.15, -0.1) is 10.2 Å².